The summed E-state index contributed by atoms with van der Waals surface area (Å²) in [7, 11) is 0. The van der Waals surface area contributed by atoms with Crippen LogP contribution in [0.3, 0.4) is 0 Å². The normalized spacial score (nSPS) is 12.0. The maximum atomic E-state index is 5.09. The zero-order valence-electron chi connectivity index (χ0n) is 5.67. The molecule has 2 rings (SSSR count). The number of hydrogen-bond donors (Lipinski definition) is 1. The molecule has 0 saturated carbocycles. The maximum absolute atomic E-state index is 5.09. The van der Waals surface area contributed by atoms with Crippen molar-refractivity contribution in [2.45, 2.75) is 0 Å². The Hall–Kier alpha value is -0.700. The molecule has 1 heterocycles. The van der Waals surface area contributed by atoms with Crippen molar-refractivity contribution in [1.82, 2.24) is 5.48 Å². The summed E-state index contributed by atoms with van der Waals surface area (Å²) in [5, 5.41) is 0. The minimum atomic E-state index is 0. The molecule has 1 aromatic rings. The number of benzene rings is 1. The Balaban J connectivity index is 0.000000605. The van der Waals surface area contributed by atoms with Crippen LogP contribution in [0.1, 0.15) is 5.56 Å². The molecule has 1 radical (unpaired) electrons. The Labute approximate surface area is 80.7 Å². The van der Waals surface area contributed by atoms with E-state index in [9.17, 15) is 0 Å². The Morgan fingerprint density at radius 2 is 2.00 bits per heavy atom. The van der Waals surface area contributed by atoms with E-state index in [0.29, 0.717) is 0 Å². The van der Waals surface area contributed by atoms with E-state index >= 15 is 0 Å². The molecule has 0 bridgehead atoms. The van der Waals surface area contributed by atoms with E-state index in [4.69, 9.17) is 4.84 Å². The molecule has 0 aliphatic carbocycles. The number of nitrogens with one attached hydrogen (secondary N) is 1. The molecule has 0 atom stereocenters. The second kappa shape index (κ2) is 3.62. The first-order valence-corrected chi connectivity index (χ1v) is 3.15. The molecule has 1 aliphatic rings. The molecule has 1 N–H and O–H groups in total. The Bertz CT molecular complexity index is 273. The van der Waals surface area contributed by atoms with Crippen molar-refractivity contribution in [3.8, 4) is 5.75 Å². The van der Waals surface area contributed by atoms with E-state index in [0.717, 1.165) is 11.3 Å². The number of hydrogen-bond acceptors (Lipinski definition) is 2. The molecule has 0 unspecified atom stereocenters. The molecule has 0 aromatic heterocycles. The quantitative estimate of drug-likeness (QED) is 0.696. The minimum absolute atomic E-state index is 0. The number of fused-ring (bicyclic) bond motifs is 1. The zero-order valence-corrected chi connectivity index (χ0v) is 7.16. The maximum Gasteiger partial charge on any atom is 0.162 e. The van der Waals surface area contributed by atoms with Gasteiger partial charge in [-0.1, -0.05) is 18.2 Å². The van der Waals surface area contributed by atoms with Gasteiger partial charge in [0.2, 0.25) is 0 Å². The molecule has 2 nitrogen and oxygen atoms in total. The Kier molecular flexibility index (Phi) is 2.77. The molecule has 11 heavy (non-hydrogen) atoms. The molecule has 0 saturated heterocycles. The van der Waals surface area contributed by atoms with Crippen molar-refractivity contribution in [2.75, 3.05) is 0 Å². The fourth-order valence-corrected chi connectivity index (χ4v) is 0.932. The summed E-state index contributed by atoms with van der Waals surface area (Å²) in [6, 6.07) is 7.86. The first kappa shape index (κ1) is 8.40. The number of para-hydroxylation sites is 1. The van der Waals surface area contributed by atoms with Crippen LogP contribution in [0.2, 0.25) is 0 Å². The summed E-state index contributed by atoms with van der Waals surface area (Å²) in [4.78, 5) is 5.09. The van der Waals surface area contributed by atoms with Crippen LogP contribution in [0.25, 0.3) is 6.08 Å². The monoisotopic (exact) mass is 240 g/mol. The Morgan fingerprint density at radius 1 is 1.18 bits per heavy atom. The minimum Gasteiger partial charge on any atom is -0.382 e. The second-order valence-electron chi connectivity index (χ2n) is 2.09. The van der Waals surface area contributed by atoms with Gasteiger partial charge < -0.3 is 4.84 Å². The molecule has 3 heteroatoms. The van der Waals surface area contributed by atoms with Crippen molar-refractivity contribution in [3.05, 3.63) is 36.0 Å². The van der Waals surface area contributed by atoms with Crippen LogP contribution in [-0.2, 0) is 22.4 Å². The average Bonchev–Trinajstić information content (AvgIpc) is 2.05. The van der Waals surface area contributed by atoms with Gasteiger partial charge >= 0.3 is 0 Å². The first-order valence-electron chi connectivity index (χ1n) is 3.15. The summed E-state index contributed by atoms with van der Waals surface area (Å²) in [5.41, 5.74) is 3.77. The third-order valence-corrected chi connectivity index (χ3v) is 1.42. The van der Waals surface area contributed by atoms with Gasteiger partial charge in [0, 0.05) is 34.1 Å². The molecule has 0 fully saturated rings. The summed E-state index contributed by atoms with van der Waals surface area (Å²) >= 11 is 0. The summed E-state index contributed by atoms with van der Waals surface area (Å²) in [6.45, 7) is 0. The predicted molar refractivity (Wildman–Crippen MR) is 39.2 cm³/mol. The molecule has 61 valence electrons. The van der Waals surface area contributed by atoms with Crippen molar-refractivity contribution < 1.29 is 27.2 Å². The van der Waals surface area contributed by atoms with Crippen LogP contribution < -0.4 is 10.3 Å². The van der Waals surface area contributed by atoms with Gasteiger partial charge in [-0.2, -0.15) is 0 Å². The van der Waals surface area contributed by atoms with Crippen LogP contribution in [0.4, 0.5) is 0 Å². The smallest absolute Gasteiger partial charge is 0.162 e. The van der Waals surface area contributed by atoms with Crippen molar-refractivity contribution >= 4 is 6.08 Å². The topological polar surface area (TPSA) is 21.3 Å². The molecule has 0 amide bonds. The number of hydroxylamine groups is 1. The van der Waals surface area contributed by atoms with Crippen molar-refractivity contribution in [3.63, 3.8) is 0 Å². The molecule has 0 spiro atoms. The SMILES string of the molecule is C1=Cc2ccccc2ON1.[Ag]. The first-order chi connectivity index (χ1) is 4.97. The van der Waals surface area contributed by atoms with Gasteiger partial charge in [-0.15, -0.1) is 0 Å². The molecule has 1 aromatic carbocycles. The zero-order chi connectivity index (χ0) is 6.81. The van der Waals surface area contributed by atoms with Gasteiger partial charge in [-0.05, 0) is 12.1 Å². The molecule has 1 aliphatic heterocycles. The van der Waals surface area contributed by atoms with E-state index in [1.165, 1.54) is 0 Å². The van der Waals surface area contributed by atoms with E-state index < -0.39 is 0 Å². The standard InChI is InChI=1S/C8H7NO.Ag/c1-2-4-8-7(3-1)5-6-9-10-8;/h1-6,9H;. The largest absolute Gasteiger partial charge is 0.382 e. The summed E-state index contributed by atoms with van der Waals surface area (Å²) in [5.74, 6) is 0.880. The van der Waals surface area contributed by atoms with Crippen LogP contribution in [0.5, 0.6) is 5.75 Å². The van der Waals surface area contributed by atoms with E-state index in [1.54, 1.807) is 6.20 Å². The van der Waals surface area contributed by atoms with Gasteiger partial charge in [0.15, 0.2) is 5.75 Å². The van der Waals surface area contributed by atoms with Crippen LogP contribution in [0, 0.1) is 0 Å². The molecular formula is C8H7AgNO. The van der Waals surface area contributed by atoms with Gasteiger partial charge in [-0.3, -0.25) is 0 Å². The van der Waals surface area contributed by atoms with Crippen LogP contribution in [-0.4, -0.2) is 0 Å². The second-order valence-corrected chi connectivity index (χ2v) is 2.09. The summed E-state index contributed by atoms with van der Waals surface area (Å²) < 4.78 is 0. The fraction of sp³-hybridized carbons (Fsp3) is 0. The fourth-order valence-electron chi connectivity index (χ4n) is 0.932. The van der Waals surface area contributed by atoms with E-state index in [-0.39, 0.29) is 22.4 Å². The predicted octanol–water partition coefficient (Wildman–Crippen LogP) is 1.55. The molecular weight excluding hydrogens is 234 g/mol. The van der Waals surface area contributed by atoms with Crippen molar-refractivity contribution in [2.24, 2.45) is 0 Å². The van der Waals surface area contributed by atoms with Gasteiger partial charge in [0.1, 0.15) is 0 Å². The van der Waals surface area contributed by atoms with Gasteiger partial charge in [-0.25, -0.2) is 5.48 Å². The van der Waals surface area contributed by atoms with E-state index in [2.05, 4.69) is 5.48 Å². The van der Waals surface area contributed by atoms with Gasteiger partial charge in [0.05, 0.1) is 0 Å². The third-order valence-electron chi connectivity index (χ3n) is 1.42. The average molecular weight is 241 g/mol. The summed E-state index contributed by atoms with van der Waals surface area (Å²) in [6.07, 6.45) is 3.74. The van der Waals surface area contributed by atoms with Crippen LogP contribution >= 0.6 is 0 Å². The van der Waals surface area contributed by atoms with Crippen molar-refractivity contribution in [1.29, 1.82) is 0 Å². The van der Waals surface area contributed by atoms with Gasteiger partial charge in [0.25, 0.3) is 0 Å². The van der Waals surface area contributed by atoms with E-state index in [1.807, 2.05) is 30.3 Å². The Morgan fingerprint density at radius 3 is 2.82 bits per heavy atom. The number of rotatable bonds is 0. The third kappa shape index (κ3) is 1.66. The van der Waals surface area contributed by atoms with Crippen LogP contribution in [0.15, 0.2) is 30.5 Å².